The highest BCUT2D eigenvalue weighted by atomic mass is 35.5. The van der Waals surface area contributed by atoms with Gasteiger partial charge in [-0.3, -0.25) is 18.6 Å². The lowest BCUT2D eigenvalue weighted by Crippen LogP contribution is -2.40. The third kappa shape index (κ3) is 5.27. The summed E-state index contributed by atoms with van der Waals surface area (Å²) in [5, 5.41) is 4.57. The molecule has 3 aromatic heterocycles. The first-order chi connectivity index (χ1) is 16.0. The SMILES string of the molecule is CCCCCn1c(=O)n(CCCc2cnn(Cc3cccc(C)c3)c2)c(=O)c2[nH]c(Cl)nc21. The lowest BCUT2D eigenvalue weighted by atomic mass is 10.1. The average Bonchev–Trinajstić information content (AvgIpc) is 3.39. The van der Waals surface area contributed by atoms with Crippen molar-refractivity contribution >= 4 is 22.8 Å². The van der Waals surface area contributed by atoms with Crippen LogP contribution in [-0.4, -0.2) is 28.9 Å². The van der Waals surface area contributed by atoms with E-state index in [1.807, 2.05) is 23.1 Å². The fraction of sp³-hybridized carbons (Fsp3) is 0.417. The molecule has 0 bridgehead atoms. The van der Waals surface area contributed by atoms with Gasteiger partial charge in [0.05, 0.1) is 12.7 Å². The van der Waals surface area contributed by atoms with Gasteiger partial charge in [0.1, 0.15) is 0 Å². The number of hydrogen-bond donors (Lipinski definition) is 1. The van der Waals surface area contributed by atoms with Gasteiger partial charge in [-0.1, -0.05) is 49.6 Å². The molecule has 0 aliphatic heterocycles. The molecule has 0 aliphatic rings. The zero-order valence-electron chi connectivity index (χ0n) is 19.1. The van der Waals surface area contributed by atoms with Crippen LogP contribution in [0.5, 0.6) is 0 Å². The summed E-state index contributed by atoms with van der Waals surface area (Å²) >= 11 is 6.01. The van der Waals surface area contributed by atoms with E-state index in [1.54, 1.807) is 4.57 Å². The molecule has 0 saturated carbocycles. The highest BCUT2D eigenvalue weighted by Crippen LogP contribution is 2.12. The summed E-state index contributed by atoms with van der Waals surface area (Å²) in [5.74, 6) is 0. The summed E-state index contributed by atoms with van der Waals surface area (Å²) in [7, 11) is 0. The number of halogens is 1. The number of rotatable bonds is 10. The van der Waals surface area contributed by atoms with Crippen LogP contribution in [0.2, 0.25) is 5.28 Å². The quantitative estimate of drug-likeness (QED) is 0.282. The second-order valence-electron chi connectivity index (χ2n) is 8.46. The molecule has 1 N–H and O–H groups in total. The number of nitrogens with one attached hydrogen (secondary N) is 1. The van der Waals surface area contributed by atoms with Crippen molar-refractivity contribution in [3.8, 4) is 0 Å². The standard InChI is InChI=1S/C24H29ClN6O2/c1-3-4-5-11-30-21-20(27-23(25)28-21)22(32)31(24(30)33)12-7-10-19-14-26-29(16-19)15-18-9-6-8-17(2)13-18/h6,8-9,13-14,16H,3-5,7,10-12,15H2,1-2H3,(H,27,28). The number of fused-ring (bicyclic) bond motifs is 1. The number of hydrogen-bond acceptors (Lipinski definition) is 4. The molecule has 33 heavy (non-hydrogen) atoms. The minimum absolute atomic E-state index is 0.115. The summed E-state index contributed by atoms with van der Waals surface area (Å²) < 4.78 is 4.77. The van der Waals surface area contributed by atoms with Crippen molar-refractivity contribution in [1.82, 2.24) is 28.9 Å². The molecule has 4 aromatic rings. The van der Waals surface area contributed by atoms with Crippen LogP contribution in [0.25, 0.3) is 11.2 Å². The lowest BCUT2D eigenvalue weighted by Gasteiger charge is -2.11. The minimum atomic E-state index is -0.378. The molecule has 3 heterocycles. The molecule has 0 aliphatic carbocycles. The van der Waals surface area contributed by atoms with Gasteiger partial charge in [0.2, 0.25) is 5.28 Å². The smallest absolute Gasteiger partial charge is 0.323 e. The van der Waals surface area contributed by atoms with E-state index >= 15 is 0 Å². The van der Waals surface area contributed by atoms with Gasteiger partial charge < -0.3 is 4.98 Å². The number of benzene rings is 1. The van der Waals surface area contributed by atoms with Crippen LogP contribution < -0.4 is 11.2 Å². The summed E-state index contributed by atoms with van der Waals surface area (Å²) in [6.45, 7) is 5.72. The van der Waals surface area contributed by atoms with E-state index in [0.29, 0.717) is 31.7 Å². The topological polar surface area (TPSA) is 90.5 Å². The molecule has 1 aromatic carbocycles. The van der Waals surface area contributed by atoms with Crippen LogP contribution in [0.15, 0.2) is 46.2 Å². The number of H-pyrrole nitrogens is 1. The molecule has 0 fully saturated rings. The molecule has 9 heteroatoms. The van der Waals surface area contributed by atoms with Crippen molar-refractivity contribution in [3.63, 3.8) is 0 Å². The first-order valence-electron chi connectivity index (χ1n) is 11.4. The van der Waals surface area contributed by atoms with Crippen molar-refractivity contribution in [1.29, 1.82) is 0 Å². The number of aromatic nitrogens is 6. The van der Waals surface area contributed by atoms with Crippen molar-refractivity contribution in [2.75, 3.05) is 0 Å². The molecule has 0 unspecified atom stereocenters. The van der Waals surface area contributed by atoms with Gasteiger partial charge in [-0.25, -0.2) is 4.79 Å². The van der Waals surface area contributed by atoms with Gasteiger partial charge in [0.25, 0.3) is 5.56 Å². The van der Waals surface area contributed by atoms with E-state index in [0.717, 1.165) is 31.2 Å². The Morgan fingerprint density at radius 3 is 2.67 bits per heavy atom. The average molecular weight is 469 g/mol. The first kappa shape index (κ1) is 23.0. The van der Waals surface area contributed by atoms with Crippen LogP contribution in [-0.2, 0) is 26.1 Å². The third-order valence-electron chi connectivity index (χ3n) is 5.78. The Balaban J connectivity index is 1.48. The summed E-state index contributed by atoms with van der Waals surface area (Å²) in [6, 6.07) is 8.36. The van der Waals surface area contributed by atoms with Gasteiger partial charge >= 0.3 is 5.69 Å². The normalized spacial score (nSPS) is 11.5. The zero-order valence-corrected chi connectivity index (χ0v) is 19.8. The van der Waals surface area contributed by atoms with Gasteiger partial charge in [-0.05, 0) is 48.9 Å². The minimum Gasteiger partial charge on any atom is -0.323 e. The van der Waals surface area contributed by atoms with Crippen LogP contribution in [0, 0.1) is 6.92 Å². The molecular weight excluding hydrogens is 440 g/mol. The highest BCUT2D eigenvalue weighted by molar-refractivity contribution is 6.28. The molecule has 4 rings (SSSR count). The maximum Gasteiger partial charge on any atom is 0.332 e. The van der Waals surface area contributed by atoms with Gasteiger partial charge in [-0.2, -0.15) is 10.1 Å². The largest absolute Gasteiger partial charge is 0.332 e. The molecule has 0 saturated heterocycles. The Kier molecular flexibility index (Phi) is 7.13. The fourth-order valence-electron chi connectivity index (χ4n) is 4.12. The summed E-state index contributed by atoms with van der Waals surface area (Å²) in [6.07, 6.45) is 8.11. The Bertz CT molecular complexity index is 1360. The second-order valence-corrected chi connectivity index (χ2v) is 8.82. The summed E-state index contributed by atoms with van der Waals surface area (Å²) in [4.78, 5) is 33.0. The predicted molar refractivity (Wildman–Crippen MR) is 130 cm³/mol. The van der Waals surface area contributed by atoms with Crippen molar-refractivity contribution in [2.24, 2.45) is 0 Å². The van der Waals surface area contributed by atoms with Crippen LogP contribution in [0.1, 0.15) is 49.3 Å². The van der Waals surface area contributed by atoms with Crippen molar-refractivity contribution in [2.45, 2.75) is 65.6 Å². The number of aromatic amines is 1. The number of aryl methyl sites for hydroxylation is 3. The number of nitrogens with zero attached hydrogens (tertiary/aromatic N) is 5. The summed E-state index contributed by atoms with van der Waals surface area (Å²) in [5.41, 5.74) is 3.40. The molecule has 174 valence electrons. The van der Waals surface area contributed by atoms with E-state index in [-0.39, 0.29) is 22.0 Å². The second kappa shape index (κ2) is 10.2. The van der Waals surface area contributed by atoms with Crippen LogP contribution >= 0.6 is 11.6 Å². The molecule has 0 atom stereocenters. The molecule has 8 nitrogen and oxygen atoms in total. The predicted octanol–water partition coefficient (Wildman–Crippen LogP) is 3.92. The maximum atomic E-state index is 13.1. The number of imidazole rings is 1. The van der Waals surface area contributed by atoms with Crippen molar-refractivity contribution < 1.29 is 0 Å². The van der Waals surface area contributed by atoms with E-state index in [9.17, 15) is 9.59 Å². The van der Waals surface area contributed by atoms with E-state index in [2.05, 4.69) is 47.1 Å². The molecule has 0 spiro atoms. The van der Waals surface area contributed by atoms with Gasteiger partial charge in [-0.15, -0.1) is 0 Å². The van der Waals surface area contributed by atoms with E-state index in [4.69, 9.17) is 11.6 Å². The fourth-order valence-corrected chi connectivity index (χ4v) is 4.29. The molecule has 0 radical (unpaired) electrons. The molecule has 0 amide bonds. The number of unbranched alkanes of at least 4 members (excludes halogenated alkanes) is 2. The molecular formula is C24H29ClN6O2. The first-order valence-corrected chi connectivity index (χ1v) is 11.8. The highest BCUT2D eigenvalue weighted by Gasteiger charge is 2.16. The Morgan fingerprint density at radius 2 is 1.88 bits per heavy atom. The third-order valence-corrected chi connectivity index (χ3v) is 5.96. The van der Waals surface area contributed by atoms with Gasteiger partial charge in [0.15, 0.2) is 11.2 Å². The zero-order chi connectivity index (χ0) is 23.4. The van der Waals surface area contributed by atoms with Crippen LogP contribution in [0.3, 0.4) is 0 Å². The Morgan fingerprint density at radius 1 is 1.06 bits per heavy atom. The monoisotopic (exact) mass is 468 g/mol. The van der Waals surface area contributed by atoms with Gasteiger partial charge in [0, 0.05) is 19.3 Å². The van der Waals surface area contributed by atoms with E-state index in [1.165, 1.54) is 15.7 Å². The van der Waals surface area contributed by atoms with Crippen LogP contribution in [0.4, 0.5) is 0 Å². The maximum absolute atomic E-state index is 13.1. The van der Waals surface area contributed by atoms with Crippen molar-refractivity contribution in [3.05, 3.63) is 79.5 Å². The lowest BCUT2D eigenvalue weighted by molar-refractivity contribution is 0.526. The Labute approximate surface area is 196 Å². The van der Waals surface area contributed by atoms with E-state index < -0.39 is 0 Å². The Hall–Kier alpha value is -3.13.